The van der Waals surface area contributed by atoms with E-state index in [1.807, 2.05) is 6.07 Å². The van der Waals surface area contributed by atoms with Crippen molar-refractivity contribution in [2.45, 2.75) is 13.1 Å². The molecule has 1 aliphatic heterocycles. The number of ether oxygens (including phenoxy) is 1. The number of hydrogen-bond donors (Lipinski definition) is 1. The number of amides is 1. The van der Waals surface area contributed by atoms with Crippen LogP contribution in [0.2, 0.25) is 0 Å². The highest BCUT2D eigenvalue weighted by atomic mass is 19.1. The standard InChI is InChI=1S/C19H24FN3O3/c1-25-18-5-4-16(20)11-15(18)13-22-6-8-23(9-7-22)14-19(24)21-12-17-3-2-10-26-17/h2-5,10-11H,6-9,12-14H2,1H3,(H,21,24). The van der Waals surface area contributed by atoms with E-state index in [1.165, 1.54) is 12.1 Å². The van der Waals surface area contributed by atoms with Crippen LogP contribution < -0.4 is 10.1 Å². The molecule has 1 N–H and O–H groups in total. The summed E-state index contributed by atoms with van der Waals surface area (Å²) in [5.41, 5.74) is 0.845. The molecule has 0 atom stereocenters. The number of hydrogen-bond acceptors (Lipinski definition) is 5. The first kappa shape index (κ1) is 18.4. The molecule has 1 aromatic carbocycles. The third-order valence-corrected chi connectivity index (χ3v) is 4.51. The van der Waals surface area contributed by atoms with Crippen LogP contribution in [0.3, 0.4) is 0 Å². The smallest absolute Gasteiger partial charge is 0.234 e. The van der Waals surface area contributed by atoms with Crippen molar-refractivity contribution in [3.63, 3.8) is 0 Å². The largest absolute Gasteiger partial charge is 0.496 e. The second kappa shape index (κ2) is 8.82. The SMILES string of the molecule is COc1ccc(F)cc1CN1CCN(CC(=O)NCc2ccco2)CC1. The lowest BCUT2D eigenvalue weighted by atomic mass is 10.1. The number of carbonyl (C=O) groups excluding carboxylic acids is 1. The maximum atomic E-state index is 13.5. The summed E-state index contributed by atoms with van der Waals surface area (Å²) in [5, 5.41) is 2.86. The van der Waals surface area contributed by atoms with Gasteiger partial charge in [-0.3, -0.25) is 14.6 Å². The van der Waals surface area contributed by atoms with Crippen molar-refractivity contribution in [1.82, 2.24) is 15.1 Å². The fourth-order valence-electron chi connectivity index (χ4n) is 3.07. The number of benzene rings is 1. The Balaban J connectivity index is 1.42. The van der Waals surface area contributed by atoms with Gasteiger partial charge in [0.25, 0.3) is 0 Å². The molecule has 1 aliphatic rings. The van der Waals surface area contributed by atoms with Gasteiger partial charge >= 0.3 is 0 Å². The van der Waals surface area contributed by atoms with E-state index >= 15 is 0 Å². The molecule has 0 saturated carbocycles. The van der Waals surface area contributed by atoms with Gasteiger partial charge in [-0.2, -0.15) is 0 Å². The van der Waals surface area contributed by atoms with Gasteiger partial charge in [-0.05, 0) is 30.3 Å². The van der Waals surface area contributed by atoms with Gasteiger partial charge in [-0.1, -0.05) is 0 Å². The number of halogens is 1. The molecular weight excluding hydrogens is 337 g/mol. The van der Waals surface area contributed by atoms with Crippen LogP contribution in [0.1, 0.15) is 11.3 Å². The highest BCUT2D eigenvalue weighted by molar-refractivity contribution is 5.77. The topological polar surface area (TPSA) is 58.0 Å². The molecule has 7 heteroatoms. The predicted octanol–water partition coefficient (Wildman–Crippen LogP) is 1.86. The molecule has 2 aromatic rings. The van der Waals surface area contributed by atoms with Crippen molar-refractivity contribution in [2.24, 2.45) is 0 Å². The van der Waals surface area contributed by atoms with E-state index in [4.69, 9.17) is 9.15 Å². The van der Waals surface area contributed by atoms with Gasteiger partial charge in [0.1, 0.15) is 17.3 Å². The number of methoxy groups -OCH3 is 1. The molecule has 1 amide bonds. The van der Waals surface area contributed by atoms with Gasteiger partial charge in [0.05, 0.1) is 26.5 Å². The van der Waals surface area contributed by atoms with E-state index in [-0.39, 0.29) is 11.7 Å². The third-order valence-electron chi connectivity index (χ3n) is 4.51. The van der Waals surface area contributed by atoms with Gasteiger partial charge in [0.2, 0.25) is 5.91 Å². The fourth-order valence-corrected chi connectivity index (χ4v) is 3.07. The minimum atomic E-state index is -0.257. The molecule has 1 fully saturated rings. The fraction of sp³-hybridized carbons (Fsp3) is 0.421. The number of furan rings is 1. The van der Waals surface area contributed by atoms with Gasteiger partial charge in [0.15, 0.2) is 0 Å². The van der Waals surface area contributed by atoms with Crippen LogP contribution in [-0.4, -0.2) is 55.5 Å². The summed E-state index contributed by atoms with van der Waals surface area (Å²) in [5.74, 6) is 1.17. The van der Waals surface area contributed by atoms with E-state index in [0.717, 1.165) is 37.5 Å². The average Bonchev–Trinajstić information content (AvgIpc) is 3.15. The van der Waals surface area contributed by atoms with Crippen LogP contribution in [0.15, 0.2) is 41.0 Å². The van der Waals surface area contributed by atoms with E-state index in [9.17, 15) is 9.18 Å². The van der Waals surface area contributed by atoms with Crippen LogP contribution in [0.25, 0.3) is 0 Å². The Labute approximate surface area is 152 Å². The van der Waals surface area contributed by atoms with Crippen molar-refractivity contribution >= 4 is 5.91 Å². The Bertz CT molecular complexity index is 713. The molecule has 1 aromatic heterocycles. The lowest BCUT2D eigenvalue weighted by Gasteiger charge is -2.34. The summed E-state index contributed by atoms with van der Waals surface area (Å²) in [6.45, 7) is 4.66. The average molecular weight is 361 g/mol. The van der Waals surface area contributed by atoms with Gasteiger partial charge in [-0.15, -0.1) is 0 Å². The molecule has 3 rings (SSSR count). The minimum absolute atomic E-state index is 0.0124. The molecule has 6 nitrogen and oxygen atoms in total. The molecule has 0 spiro atoms. The molecule has 0 aliphatic carbocycles. The van der Waals surface area contributed by atoms with E-state index in [2.05, 4.69) is 15.1 Å². The Hall–Kier alpha value is -2.38. The molecule has 0 unspecified atom stereocenters. The zero-order valence-electron chi connectivity index (χ0n) is 14.9. The highest BCUT2D eigenvalue weighted by Crippen LogP contribution is 2.21. The lowest BCUT2D eigenvalue weighted by Crippen LogP contribution is -2.49. The molecule has 140 valence electrons. The van der Waals surface area contributed by atoms with Gasteiger partial charge < -0.3 is 14.5 Å². The molecule has 2 heterocycles. The summed E-state index contributed by atoms with van der Waals surface area (Å²) in [6, 6.07) is 8.22. The Morgan fingerprint density at radius 1 is 1.23 bits per heavy atom. The van der Waals surface area contributed by atoms with E-state index in [0.29, 0.717) is 25.4 Å². The lowest BCUT2D eigenvalue weighted by molar-refractivity contribution is -0.122. The van der Waals surface area contributed by atoms with Crippen LogP contribution in [0, 0.1) is 5.82 Å². The molecule has 0 bridgehead atoms. The predicted molar refractivity (Wildman–Crippen MR) is 95.2 cm³/mol. The maximum Gasteiger partial charge on any atom is 0.234 e. The first-order valence-corrected chi connectivity index (χ1v) is 8.70. The molecule has 1 saturated heterocycles. The Morgan fingerprint density at radius 2 is 2.00 bits per heavy atom. The minimum Gasteiger partial charge on any atom is -0.496 e. The summed E-state index contributed by atoms with van der Waals surface area (Å²) < 4.78 is 24.0. The number of nitrogens with zero attached hydrogens (tertiary/aromatic N) is 2. The number of carbonyl (C=O) groups is 1. The summed E-state index contributed by atoms with van der Waals surface area (Å²) in [6.07, 6.45) is 1.59. The monoisotopic (exact) mass is 361 g/mol. The van der Waals surface area contributed by atoms with Crippen molar-refractivity contribution in [3.05, 3.63) is 53.7 Å². The van der Waals surface area contributed by atoms with Crippen molar-refractivity contribution in [3.8, 4) is 5.75 Å². The number of rotatable bonds is 7. The van der Waals surface area contributed by atoms with Crippen LogP contribution in [-0.2, 0) is 17.9 Å². The Kier molecular flexibility index (Phi) is 6.25. The summed E-state index contributed by atoms with van der Waals surface area (Å²) in [7, 11) is 1.59. The number of piperazine rings is 1. The normalized spacial score (nSPS) is 15.8. The van der Waals surface area contributed by atoms with Crippen molar-refractivity contribution < 1.29 is 18.3 Å². The number of nitrogens with one attached hydrogen (secondary N) is 1. The highest BCUT2D eigenvalue weighted by Gasteiger charge is 2.20. The van der Waals surface area contributed by atoms with Crippen LogP contribution >= 0.6 is 0 Å². The van der Waals surface area contributed by atoms with Gasteiger partial charge in [-0.25, -0.2) is 4.39 Å². The maximum absolute atomic E-state index is 13.5. The van der Waals surface area contributed by atoms with Gasteiger partial charge in [0, 0.05) is 38.3 Å². The second-order valence-electron chi connectivity index (χ2n) is 6.36. The third kappa shape index (κ3) is 5.06. The Morgan fingerprint density at radius 3 is 2.69 bits per heavy atom. The van der Waals surface area contributed by atoms with E-state index < -0.39 is 0 Å². The van der Waals surface area contributed by atoms with Crippen molar-refractivity contribution in [2.75, 3.05) is 39.8 Å². The molecule has 0 radical (unpaired) electrons. The first-order chi connectivity index (χ1) is 12.6. The summed E-state index contributed by atoms with van der Waals surface area (Å²) >= 11 is 0. The quantitative estimate of drug-likeness (QED) is 0.816. The second-order valence-corrected chi connectivity index (χ2v) is 6.36. The van der Waals surface area contributed by atoms with Crippen LogP contribution in [0.5, 0.6) is 5.75 Å². The van der Waals surface area contributed by atoms with Crippen LogP contribution in [0.4, 0.5) is 4.39 Å². The molecule has 26 heavy (non-hydrogen) atoms. The summed E-state index contributed by atoms with van der Waals surface area (Å²) in [4.78, 5) is 16.4. The zero-order chi connectivity index (χ0) is 18.4. The molecular formula is C19H24FN3O3. The zero-order valence-corrected chi connectivity index (χ0v) is 14.9. The first-order valence-electron chi connectivity index (χ1n) is 8.70. The van der Waals surface area contributed by atoms with Crippen molar-refractivity contribution in [1.29, 1.82) is 0 Å². The van der Waals surface area contributed by atoms with E-state index in [1.54, 1.807) is 25.5 Å².